The lowest BCUT2D eigenvalue weighted by atomic mass is 10.1. The average Bonchev–Trinajstić information content (AvgIpc) is 3.16. The number of aromatic nitrogens is 2. The van der Waals surface area contributed by atoms with Crippen LogP contribution in [0.2, 0.25) is 15.1 Å². The van der Waals surface area contributed by atoms with Crippen molar-refractivity contribution in [3.05, 3.63) is 74.4 Å². The van der Waals surface area contributed by atoms with Gasteiger partial charge in [-0.25, -0.2) is 4.68 Å². The molecule has 0 saturated heterocycles. The summed E-state index contributed by atoms with van der Waals surface area (Å²) in [5, 5.41) is 10.2. The van der Waals surface area contributed by atoms with Crippen LogP contribution < -0.4 is 5.32 Å². The lowest BCUT2D eigenvalue weighted by molar-refractivity contribution is 0.840. The minimum atomic E-state index is 0.614. The number of nitrogens with one attached hydrogen (secondary N) is 1. The predicted octanol–water partition coefficient (Wildman–Crippen LogP) is 5.39. The Balaban J connectivity index is 1.81. The molecule has 1 aromatic heterocycles. The molecule has 0 bridgehead atoms. The number of halogens is 3. The van der Waals surface area contributed by atoms with Gasteiger partial charge in [0.15, 0.2) is 0 Å². The Kier molecular flexibility index (Phi) is 4.17. The van der Waals surface area contributed by atoms with Gasteiger partial charge in [0.2, 0.25) is 0 Å². The molecule has 0 unspecified atom stereocenters. The van der Waals surface area contributed by atoms with Crippen LogP contribution >= 0.6 is 34.8 Å². The molecule has 6 heteroatoms. The fourth-order valence-electron chi connectivity index (χ4n) is 3.03. The van der Waals surface area contributed by atoms with Gasteiger partial charge in [0.25, 0.3) is 0 Å². The molecule has 3 aromatic rings. The fourth-order valence-corrected chi connectivity index (χ4v) is 3.60. The summed E-state index contributed by atoms with van der Waals surface area (Å²) in [7, 11) is 0. The van der Waals surface area contributed by atoms with Crippen LogP contribution in [-0.2, 0) is 12.8 Å². The topological polar surface area (TPSA) is 29.9 Å². The van der Waals surface area contributed by atoms with Crippen molar-refractivity contribution in [3.63, 3.8) is 0 Å². The first-order valence-corrected chi connectivity index (χ1v) is 8.80. The molecule has 1 N–H and O–H groups in total. The largest absolute Gasteiger partial charge is 0.369 e. The molecule has 122 valence electrons. The van der Waals surface area contributed by atoms with E-state index < -0.39 is 0 Å². The molecule has 0 atom stereocenters. The lowest BCUT2D eigenvalue weighted by Gasteiger charge is -2.09. The van der Waals surface area contributed by atoms with Gasteiger partial charge in [0.1, 0.15) is 5.82 Å². The van der Waals surface area contributed by atoms with Crippen molar-refractivity contribution in [2.24, 2.45) is 0 Å². The van der Waals surface area contributed by atoms with E-state index in [0.717, 1.165) is 40.8 Å². The molecule has 0 saturated carbocycles. The summed E-state index contributed by atoms with van der Waals surface area (Å²) in [5.74, 6) is 0.987. The number of benzene rings is 2. The van der Waals surface area contributed by atoms with Gasteiger partial charge in [0.05, 0.1) is 16.4 Å². The Morgan fingerprint density at radius 2 is 1.88 bits per heavy atom. The standard InChI is InChI=1S/C18H14Cl3N3/c19-12-5-6-15(21)17(10-12)24-18-13(7-8-22-18)16(23-24)9-11-3-1-2-4-14(11)20/h1-6,10,22H,7-9H2. The van der Waals surface area contributed by atoms with E-state index in [1.807, 2.05) is 35.0 Å². The first-order valence-electron chi connectivity index (χ1n) is 7.67. The highest BCUT2D eigenvalue weighted by atomic mass is 35.5. The Morgan fingerprint density at radius 3 is 2.71 bits per heavy atom. The van der Waals surface area contributed by atoms with Crippen molar-refractivity contribution < 1.29 is 0 Å². The molecule has 2 heterocycles. The summed E-state index contributed by atoms with van der Waals surface area (Å²) < 4.78 is 1.85. The van der Waals surface area contributed by atoms with E-state index in [1.54, 1.807) is 12.1 Å². The minimum absolute atomic E-state index is 0.614. The summed E-state index contributed by atoms with van der Waals surface area (Å²) in [4.78, 5) is 0. The van der Waals surface area contributed by atoms with Crippen molar-refractivity contribution in [2.45, 2.75) is 12.8 Å². The van der Waals surface area contributed by atoms with E-state index in [4.69, 9.17) is 39.9 Å². The Bertz CT molecular complexity index is 918. The zero-order valence-electron chi connectivity index (χ0n) is 12.7. The van der Waals surface area contributed by atoms with Crippen LogP contribution in [0.4, 0.5) is 5.82 Å². The number of hydrogen-bond acceptors (Lipinski definition) is 2. The third-order valence-electron chi connectivity index (χ3n) is 4.19. The van der Waals surface area contributed by atoms with E-state index in [1.165, 1.54) is 5.56 Å². The molecule has 2 aromatic carbocycles. The highest BCUT2D eigenvalue weighted by molar-refractivity contribution is 6.34. The molecule has 24 heavy (non-hydrogen) atoms. The number of nitrogens with zero attached hydrogens (tertiary/aromatic N) is 2. The van der Waals surface area contributed by atoms with Gasteiger partial charge >= 0.3 is 0 Å². The summed E-state index contributed by atoms with van der Waals surface area (Å²) in [6, 6.07) is 13.2. The third kappa shape index (κ3) is 2.77. The molecule has 1 aliphatic rings. The SMILES string of the molecule is Clc1ccc(Cl)c(-n2nc(Cc3ccccc3Cl)c3c2NCC3)c1. The normalized spacial score (nSPS) is 13.0. The molecule has 4 rings (SSSR count). The second kappa shape index (κ2) is 6.32. The fraction of sp³-hybridized carbons (Fsp3) is 0.167. The zero-order valence-corrected chi connectivity index (χ0v) is 15.0. The van der Waals surface area contributed by atoms with E-state index >= 15 is 0 Å². The van der Waals surface area contributed by atoms with Crippen molar-refractivity contribution in [1.82, 2.24) is 9.78 Å². The predicted molar refractivity (Wildman–Crippen MR) is 100 cm³/mol. The summed E-state index contributed by atoms with van der Waals surface area (Å²) in [6.45, 7) is 0.890. The van der Waals surface area contributed by atoms with Crippen LogP contribution in [0.1, 0.15) is 16.8 Å². The molecule has 0 fully saturated rings. The molecular weight excluding hydrogens is 365 g/mol. The molecule has 3 nitrogen and oxygen atoms in total. The lowest BCUT2D eigenvalue weighted by Crippen LogP contribution is -2.05. The van der Waals surface area contributed by atoms with Gasteiger partial charge in [-0.15, -0.1) is 0 Å². The molecule has 0 amide bonds. The first kappa shape index (κ1) is 15.8. The molecule has 0 spiro atoms. The van der Waals surface area contributed by atoms with Crippen LogP contribution in [0.15, 0.2) is 42.5 Å². The van der Waals surface area contributed by atoms with Crippen molar-refractivity contribution in [3.8, 4) is 5.69 Å². The number of hydrogen-bond donors (Lipinski definition) is 1. The van der Waals surface area contributed by atoms with E-state index in [9.17, 15) is 0 Å². The zero-order chi connectivity index (χ0) is 16.7. The maximum absolute atomic E-state index is 6.36. The average molecular weight is 379 g/mol. The third-order valence-corrected chi connectivity index (χ3v) is 5.11. The van der Waals surface area contributed by atoms with Gasteiger partial charge in [0, 0.05) is 28.6 Å². The summed E-state index contributed by atoms with van der Waals surface area (Å²) >= 11 is 18.8. The van der Waals surface area contributed by atoms with Crippen LogP contribution in [0.5, 0.6) is 0 Å². The Hall–Kier alpha value is -1.68. The number of fused-ring (bicyclic) bond motifs is 1. The van der Waals surface area contributed by atoms with Crippen LogP contribution in [0.3, 0.4) is 0 Å². The Labute approximate surface area is 155 Å². The van der Waals surface area contributed by atoms with Gasteiger partial charge < -0.3 is 5.32 Å². The van der Waals surface area contributed by atoms with Crippen LogP contribution in [-0.4, -0.2) is 16.3 Å². The second-order valence-electron chi connectivity index (χ2n) is 5.73. The van der Waals surface area contributed by atoms with E-state index in [-0.39, 0.29) is 0 Å². The van der Waals surface area contributed by atoms with Crippen molar-refractivity contribution >= 4 is 40.6 Å². The maximum atomic E-state index is 6.36. The monoisotopic (exact) mass is 377 g/mol. The molecular formula is C18H14Cl3N3. The van der Waals surface area contributed by atoms with Crippen LogP contribution in [0, 0.1) is 0 Å². The van der Waals surface area contributed by atoms with Crippen molar-refractivity contribution in [1.29, 1.82) is 0 Å². The highest BCUT2D eigenvalue weighted by Crippen LogP contribution is 2.34. The van der Waals surface area contributed by atoms with Gasteiger partial charge in [-0.05, 0) is 36.2 Å². The van der Waals surface area contributed by atoms with E-state index in [2.05, 4.69) is 5.32 Å². The molecule has 0 radical (unpaired) electrons. The van der Waals surface area contributed by atoms with E-state index in [0.29, 0.717) is 16.5 Å². The van der Waals surface area contributed by atoms with Crippen LogP contribution in [0.25, 0.3) is 5.69 Å². The summed E-state index contributed by atoms with van der Waals surface area (Å²) in [6.07, 6.45) is 1.63. The maximum Gasteiger partial charge on any atom is 0.133 e. The minimum Gasteiger partial charge on any atom is -0.369 e. The smallest absolute Gasteiger partial charge is 0.133 e. The highest BCUT2D eigenvalue weighted by Gasteiger charge is 2.24. The van der Waals surface area contributed by atoms with Crippen molar-refractivity contribution in [2.75, 3.05) is 11.9 Å². The summed E-state index contributed by atoms with van der Waals surface area (Å²) in [5.41, 5.74) is 4.07. The van der Waals surface area contributed by atoms with Gasteiger partial charge in [-0.3, -0.25) is 0 Å². The molecule has 1 aliphatic heterocycles. The van der Waals surface area contributed by atoms with Gasteiger partial charge in [-0.2, -0.15) is 5.10 Å². The Morgan fingerprint density at radius 1 is 1.04 bits per heavy atom. The number of anilines is 1. The quantitative estimate of drug-likeness (QED) is 0.662. The van der Waals surface area contributed by atoms with Gasteiger partial charge in [-0.1, -0.05) is 53.0 Å². The second-order valence-corrected chi connectivity index (χ2v) is 6.98. The first-order chi connectivity index (χ1) is 11.6. The molecule has 0 aliphatic carbocycles. The number of rotatable bonds is 3.